The van der Waals surface area contributed by atoms with Gasteiger partial charge in [0.1, 0.15) is 5.75 Å². The topological polar surface area (TPSA) is 120 Å². The Labute approximate surface area is 184 Å². The van der Waals surface area contributed by atoms with E-state index in [1.807, 2.05) is 42.5 Å². The summed E-state index contributed by atoms with van der Waals surface area (Å²) in [5.41, 5.74) is 5.87. The molecule has 0 aliphatic heterocycles. The summed E-state index contributed by atoms with van der Waals surface area (Å²) < 4.78 is 10.8. The number of carbonyl (C=O) groups is 2. The summed E-state index contributed by atoms with van der Waals surface area (Å²) in [7, 11) is 0. The highest BCUT2D eigenvalue weighted by Gasteiger charge is 2.19. The molecule has 3 rings (SSSR count). The van der Waals surface area contributed by atoms with Gasteiger partial charge in [0.05, 0.1) is 11.5 Å². The first kappa shape index (κ1) is 22.3. The van der Waals surface area contributed by atoms with Crippen LogP contribution in [0.3, 0.4) is 0 Å². The van der Waals surface area contributed by atoms with Crippen molar-refractivity contribution in [3.63, 3.8) is 0 Å². The molecule has 0 bridgehead atoms. The largest absolute Gasteiger partial charge is 0.487 e. The molecule has 9 heteroatoms. The van der Waals surface area contributed by atoms with Crippen LogP contribution in [0, 0.1) is 10.1 Å². The van der Waals surface area contributed by atoms with Gasteiger partial charge in [-0.1, -0.05) is 48.5 Å². The summed E-state index contributed by atoms with van der Waals surface area (Å²) in [6.45, 7) is 1.60. The van der Waals surface area contributed by atoms with Crippen LogP contribution < -0.4 is 20.3 Å². The second kappa shape index (κ2) is 10.6. The van der Waals surface area contributed by atoms with Crippen LogP contribution in [0.2, 0.25) is 0 Å². The minimum absolute atomic E-state index is 0.00389. The van der Waals surface area contributed by atoms with Gasteiger partial charge in [-0.05, 0) is 30.7 Å². The number of nitro benzene ring substituents is 1. The van der Waals surface area contributed by atoms with Crippen molar-refractivity contribution in [2.45, 2.75) is 6.92 Å². The molecule has 2 amide bonds. The first-order valence-corrected chi connectivity index (χ1v) is 9.77. The molecule has 0 aliphatic rings. The quantitative estimate of drug-likeness (QED) is 0.413. The molecule has 32 heavy (non-hydrogen) atoms. The molecule has 0 aliphatic carbocycles. The van der Waals surface area contributed by atoms with E-state index in [1.165, 1.54) is 12.1 Å². The Bertz CT molecular complexity index is 1120. The van der Waals surface area contributed by atoms with E-state index in [1.54, 1.807) is 19.1 Å². The number of nitro groups is 1. The molecule has 3 aromatic carbocycles. The second-order valence-electron chi connectivity index (χ2n) is 6.53. The number of benzene rings is 3. The zero-order valence-corrected chi connectivity index (χ0v) is 17.2. The van der Waals surface area contributed by atoms with Crippen LogP contribution in [0.15, 0.2) is 72.8 Å². The van der Waals surface area contributed by atoms with Gasteiger partial charge in [0, 0.05) is 17.2 Å². The Morgan fingerprint density at radius 1 is 0.906 bits per heavy atom. The number of carbonyl (C=O) groups excluding carboxylic acids is 2. The van der Waals surface area contributed by atoms with Gasteiger partial charge in [-0.25, -0.2) is 0 Å². The number of amides is 2. The smallest absolute Gasteiger partial charge is 0.311 e. The molecule has 0 atom stereocenters. The number of nitrogens with zero attached hydrogens (tertiary/aromatic N) is 1. The highest BCUT2D eigenvalue weighted by Crippen LogP contribution is 2.29. The zero-order chi connectivity index (χ0) is 22.9. The lowest BCUT2D eigenvalue weighted by atomic mass is 10.1. The lowest BCUT2D eigenvalue weighted by molar-refractivity contribution is -0.385. The SMILES string of the molecule is CCOc1ccc(C(=O)NNC(=O)COc2ccccc2-c2ccccc2)cc1[N+](=O)[O-]. The Kier molecular flexibility index (Phi) is 7.37. The average Bonchev–Trinajstić information content (AvgIpc) is 2.82. The van der Waals surface area contributed by atoms with Gasteiger partial charge in [-0.3, -0.25) is 30.6 Å². The van der Waals surface area contributed by atoms with Crippen LogP contribution in [-0.2, 0) is 4.79 Å². The van der Waals surface area contributed by atoms with Crippen molar-refractivity contribution < 1.29 is 24.0 Å². The fourth-order valence-electron chi connectivity index (χ4n) is 2.91. The average molecular weight is 435 g/mol. The molecule has 3 aromatic rings. The zero-order valence-electron chi connectivity index (χ0n) is 17.2. The molecule has 0 aromatic heterocycles. The summed E-state index contributed by atoms with van der Waals surface area (Å²) in [6, 6.07) is 20.6. The molecule has 9 nitrogen and oxygen atoms in total. The van der Waals surface area contributed by atoms with Crippen molar-refractivity contribution in [2.24, 2.45) is 0 Å². The normalized spacial score (nSPS) is 10.2. The summed E-state index contributed by atoms with van der Waals surface area (Å²) in [6.07, 6.45) is 0. The number of hydrazine groups is 1. The molecule has 0 saturated carbocycles. The Hall–Kier alpha value is -4.40. The van der Waals surface area contributed by atoms with E-state index >= 15 is 0 Å². The molecular formula is C23H21N3O6. The number of nitrogens with one attached hydrogen (secondary N) is 2. The van der Waals surface area contributed by atoms with Gasteiger partial charge in [0.2, 0.25) is 0 Å². The van der Waals surface area contributed by atoms with E-state index in [-0.39, 0.29) is 30.2 Å². The standard InChI is InChI=1S/C23H21N3O6/c1-2-31-21-13-12-17(14-19(21)26(29)30)23(28)25-24-22(27)15-32-20-11-7-6-10-18(20)16-8-4-3-5-9-16/h3-14H,2,15H2,1H3,(H,24,27)(H,25,28). The Morgan fingerprint density at radius 2 is 1.62 bits per heavy atom. The number of para-hydroxylation sites is 1. The van der Waals surface area contributed by atoms with Gasteiger partial charge >= 0.3 is 5.69 Å². The first-order valence-electron chi connectivity index (χ1n) is 9.77. The van der Waals surface area contributed by atoms with Crippen LogP contribution in [0.1, 0.15) is 17.3 Å². The van der Waals surface area contributed by atoms with Crippen molar-refractivity contribution in [1.29, 1.82) is 0 Å². The Morgan fingerprint density at radius 3 is 2.34 bits per heavy atom. The maximum Gasteiger partial charge on any atom is 0.311 e. The number of rotatable bonds is 8. The third-order valence-electron chi connectivity index (χ3n) is 4.36. The van der Waals surface area contributed by atoms with Crippen LogP contribution in [0.25, 0.3) is 11.1 Å². The van der Waals surface area contributed by atoms with E-state index in [0.717, 1.165) is 17.2 Å². The van der Waals surface area contributed by atoms with Crippen LogP contribution in [-0.4, -0.2) is 30.0 Å². The van der Waals surface area contributed by atoms with Crippen LogP contribution >= 0.6 is 0 Å². The van der Waals surface area contributed by atoms with Gasteiger partial charge in [0.15, 0.2) is 12.4 Å². The van der Waals surface area contributed by atoms with Gasteiger partial charge in [-0.15, -0.1) is 0 Å². The first-order chi connectivity index (χ1) is 15.5. The van der Waals surface area contributed by atoms with Gasteiger partial charge in [0.25, 0.3) is 11.8 Å². The summed E-state index contributed by atoms with van der Waals surface area (Å²) in [4.78, 5) is 35.0. The molecule has 0 heterocycles. The maximum atomic E-state index is 12.3. The van der Waals surface area contributed by atoms with Gasteiger partial charge < -0.3 is 9.47 Å². The maximum absolute atomic E-state index is 12.3. The molecular weight excluding hydrogens is 414 g/mol. The lowest BCUT2D eigenvalue weighted by Crippen LogP contribution is -2.43. The lowest BCUT2D eigenvalue weighted by Gasteiger charge is -2.12. The summed E-state index contributed by atoms with van der Waals surface area (Å²) in [5, 5.41) is 11.2. The van der Waals surface area contributed by atoms with E-state index in [2.05, 4.69) is 10.9 Å². The molecule has 0 unspecified atom stereocenters. The molecule has 0 radical (unpaired) electrons. The van der Waals surface area contributed by atoms with Crippen molar-refractivity contribution in [3.05, 3.63) is 88.5 Å². The number of hydrogen-bond acceptors (Lipinski definition) is 6. The van der Waals surface area contributed by atoms with Crippen molar-refractivity contribution >= 4 is 17.5 Å². The molecule has 164 valence electrons. The minimum atomic E-state index is -0.714. The third kappa shape index (κ3) is 5.60. The molecule has 2 N–H and O–H groups in total. The summed E-state index contributed by atoms with van der Waals surface area (Å²) >= 11 is 0. The van der Waals surface area contributed by atoms with E-state index in [0.29, 0.717) is 5.75 Å². The minimum Gasteiger partial charge on any atom is -0.487 e. The summed E-state index contributed by atoms with van der Waals surface area (Å²) in [5.74, 6) is -0.735. The van der Waals surface area contributed by atoms with E-state index in [9.17, 15) is 19.7 Å². The molecule has 0 fully saturated rings. The number of ether oxygens (including phenoxy) is 2. The second-order valence-corrected chi connectivity index (χ2v) is 6.53. The fourth-order valence-corrected chi connectivity index (χ4v) is 2.91. The molecule has 0 spiro atoms. The van der Waals surface area contributed by atoms with Crippen molar-refractivity contribution in [3.8, 4) is 22.6 Å². The van der Waals surface area contributed by atoms with Crippen LogP contribution in [0.5, 0.6) is 11.5 Å². The molecule has 0 saturated heterocycles. The van der Waals surface area contributed by atoms with E-state index in [4.69, 9.17) is 9.47 Å². The third-order valence-corrected chi connectivity index (χ3v) is 4.36. The predicted octanol–water partition coefficient (Wildman–Crippen LogP) is 3.50. The highest BCUT2D eigenvalue weighted by atomic mass is 16.6. The fraction of sp³-hybridized carbons (Fsp3) is 0.130. The Balaban J connectivity index is 1.59. The van der Waals surface area contributed by atoms with Crippen LogP contribution in [0.4, 0.5) is 5.69 Å². The highest BCUT2D eigenvalue weighted by molar-refractivity contribution is 5.96. The van der Waals surface area contributed by atoms with Crippen molar-refractivity contribution in [2.75, 3.05) is 13.2 Å². The van der Waals surface area contributed by atoms with E-state index < -0.39 is 16.7 Å². The van der Waals surface area contributed by atoms with Crippen molar-refractivity contribution in [1.82, 2.24) is 10.9 Å². The predicted molar refractivity (Wildman–Crippen MR) is 117 cm³/mol. The van der Waals surface area contributed by atoms with Gasteiger partial charge in [-0.2, -0.15) is 0 Å². The number of hydrogen-bond donors (Lipinski definition) is 2. The monoisotopic (exact) mass is 435 g/mol.